The molecule has 1 saturated heterocycles. The lowest BCUT2D eigenvalue weighted by Crippen LogP contribution is -2.31. The third-order valence-electron chi connectivity index (χ3n) is 3.83. The van der Waals surface area contributed by atoms with Crippen molar-refractivity contribution in [1.29, 1.82) is 0 Å². The maximum absolute atomic E-state index is 10.9. The van der Waals surface area contributed by atoms with Crippen molar-refractivity contribution in [1.82, 2.24) is 4.98 Å². The van der Waals surface area contributed by atoms with Gasteiger partial charge in [0, 0.05) is 18.4 Å². The minimum absolute atomic E-state index is 0.111. The van der Waals surface area contributed by atoms with Crippen molar-refractivity contribution in [2.24, 2.45) is 5.92 Å². The Hall–Kier alpha value is -1.69. The van der Waals surface area contributed by atoms with Crippen molar-refractivity contribution in [2.45, 2.75) is 38.3 Å². The Bertz CT molecular complexity index is 502. The number of anilines is 1. The van der Waals surface area contributed by atoms with Crippen molar-refractivity contribution >= 4 is 11.5 Å². The van der Waals surface area contributed by atoms with E-state index in [1.807, 2.05) is 0 Å². The molecule has 1 aliphatic heterocycles. The summed E-state index contributed by atoms with van der Waals surface area (Å²) in [4.78, 5) is 14.8. The first-order chi connectivity index (χ1) is 9.15. The van der Waals surface area contributed by atoms with Gasteiger partial charge in [0.1, 0.15) is 5.82 Å². The number of ether oxygens (including phenoxy) is 1. The molecule has 1 aromatic rings. The average Bonchev–Trinajstić information content (AvgIpc) is 3.12. The normalized spacial score (nSPS) is 26.4. The summed E-state index contributed by atoms with van der Waals surface area (Å²) >= 11 is 0. The molecule has 2 unspecified atom stereocenters. The molecule has 6 heteroatoms. The highest BCUT2D eigenvalue weighted by Crippen LogP contribution is 2.39. The van der Waals surface area contributed by atoms with Gasteiger partial charge in [-0.15, -0.1) is 0 Å². The summed E-state index contributed by atoms with van der Waals surface area (Å²) in [6, 6.07) is 1.74. The largest absolute Gasteiger partial charge is 0.376 e. The molecule has 0 aromatic carbocycles. The van der Waals surface area contributed by atoms with Crippen LogP contribution in [0.25, 0.3) is 0 Å². The maximum Gasteiger partial charge on any atom is 0.277 e. The standard InChI is InChI=1S/C13H17N3O3/c1-8-7-14-12(6-11(8)16(17)18)15-10-4-5-19-13(10)9-2-3-9/h6-7,9-10,13H,2-5H2,1H3,(H,14,15). The molecule has 1 saturated carbocycles. The van der Waals surface area contributed by atoms with Gasteiger partial charge in [-0.25, -0.2) is 4.98 Å². The van der Waals surface area contributed by atoms with E-state index in [1.165, 1.54) is 18.9 Å². The minimum atomic E-state index is -0.369. The van der Waals surface area contributed by atoms with Gasteiger partial charge in [0.25, 0.3) is 5.69 Å². The molecule has 102 valence electrons. The first-order valence-electron chi connectivity index (χ1n) is 6.64. The molecule has 0 amide bonds. The van der Waals surface area contributed by atoms with Gasteiger partial charge in [-0.1, -0.05) is 0 Å². The van der Waals surface area contributed by atoms with E-state index in [9.17, 15) is 10.1 Å². The van der Waals surface area contributed by atoms with E-state index in [-0.39, 0.29) is 22.8 Å². The zero-order valence-electron chi connectivity index (χ0n) is 10.8. The van der Waals surface area contributed by atoms with Crippen molar-refractivity contribution in [3.05, 3.63) is 27.9 Å². The van der Waals surface area contributed by atoms with Crippen LogP contribution in [0.4, 0.5) is 11.5 Å². The van der Waals surface area contributed by atoms with Crippen LogP contribution in [0.5, 0.6) is 0 Å². The highest BCUT2D eigenvalue weighted by atomic mass is 16.6. The number of aromatic nitrogens is 1. The number of rotatable bonds is 4. The minimum Gasteiger partial charge on any atom is -0.376 e. The van der Waals surface area contributed by atoms with Gasteiger partial charge in [0.15, 0.2) is 0 Å². The molecule has 1 aromatic heterocycles. The molecule has 0 spiro atoms. The number of pyridine rings is 1. The Kier molecular flexibility index (Phi) is 3.10. The van der Waals surface area contributed by atoms with Crippen LogP contribution in [-0.2, 0) is 4.74 Å². The first-order valence-corrected chi connectivity index (χ1v) is 6.64. The Labute approximate surface area is 111 Å². The SMILES string of the molecule is Cc1cnc(NC2CCOC2C2CC2)cc1[N+](=O)[O-]. The van der Waals surface area contributed by atoms with Crippen LogP contribution < -0.4 is 5.32 Å². The monoisotopic (exact) mass is 263 g/mol. The fourth-order valence-corrected chi connectivity index (χ4v) is 2.63. The lowest BCUT2D eigenvalue weighted by Gasteiger charge is -2.19. The van der Waals surface area contributed by atoms with Crippen LogP contribution in [0.1, 0.15) is 24.8 Å². The van der Waals surface area contributed by atoms with E-state index in [0.29, 0.717) is 17.3 Å². The molecule has 1 aliphatic carbocycles. The molecular weight excluding hydrogens is 246 g/mol. The third kappa shape index (κ3) is 2.53. The van der Waals surface area contributed by atoms with Gasteiger partial charge >= 0.3 is 0 Å². The highest BCUT2D eigenvalue weighted by Gasteiger charge is 2.40. The summed E-state index contributed by atoms with van der Waals surface area (Å²) in [7, 11) is 0. The number of nitro groups is 1. The van der Waals surface area contributed by atoms with E-state index < -0.39 is 0 Å². The second kappa shape index (κ2) is 4.77. The predicted molar refractivity (Wildman–Crippen MR) is 70.1 cm³/mol. The fourth-order valence-electron chi connectivity index (χ4n) is 2.63. The van der Waals surface area contributed by atoms with E-state index in [1.54, 1.807) is 13.1 Å². The quantitative estimate of drug-likeness (QED) is 0.666. The molecule has 1 N–H and O–H groups in total. The van der Waals surface area contributed by atoms with Crippen LogP contribution in [0.15, 0.2) is 12.3 Å². The predicted octanol–water partition coefficient (Wildman–Crippen LogP) is 2.28. The smallest absolute Gasteiger partial charge is 0.277 e. The second-order valence-electron chi connectivity index (χ2n) is 5.33. The molecule has 2 fully saturated rings. The highest BCUT2D eigenvalue weighted by molar-refractivity contribution is 5.49. The zero-order chi connectivity index (χ0) is 13.4. The summed E-state index contributed by atoms with van der Waals surface area (Å²) in [5.74, 6) is 1.22. The van der Waals surface area contributed by atoms with Crippen LogP contribution in [-0.4, -0.2) is 28.7 Å². The molecule has 6 nitrogen and oxygen atoms in total. The van der Waals surface area contributed by atoms with Gasteiger partial charge in [0.05, 0.1) is 23.1 Å². The molecule has 0 bridgehead atoms. The number of aryl methyl sites for hydroxylation is 1. The number of nitrogens with zero attached hydrogens (tertiary/aromatic N) is 2. The maximum atomic E-state index is 10.9. The van der Waals surface area contributed by atoms with Crippen LogP contribution in [0.2, 0.25) is 0 Å². The van der Waals surface area contributed by atoms with Gasteiger partial charge in [-0.3, -0.25) is 10.1 Å². The van der Waals surface area contributed by atoms with Crippen LogP contribution in [0.3, 0.4) is 0 Å². The third-order valence-corrected chi connectivity index (χ3v) is 3.83. The summed E-state index contributed by atoms with van der Waals surface area (Å²) in [5.41, 5.74) is 0.691. The average molecular weight is 263 g/mol. The summed E-state index contributed by atoms with van der Waals surface area (Å²) in [6.07, 6.45) is 5.17. The number of nitrogens with one attached hydrogen (secondary N) is 1. The van der Waals surface area contributed by atoms with Crippen molar-refractivity contribution in [3.8, 4) is 0 Å². The Morgan fingerprint density at radius 2 is 2.26 bits per heavy atom. The van der Waals surface area contributed by atoms with Crippen molar-refractivity contribution in [3.63, 3.8) is 0 Å². The molecule has 3 rings (SSSR count). The Morgan fingerprint density at radius 3 is 2.95 bits per heavy atom. The van der Waals surface area contributed by atoms with Crippen molar-refractivity contribution < 1.29 is 9.66 Å². The lowest BCUT2D eigenvalue weighted by atomic mass is 10.1. The fraction of sp³-hybridized carbons (Fsp3) is 0.615. The van der Waals surface area contributed by atoms with Crippen LogP contribution in [0, 0.1) is 23.0 Å². The van der Waals surface area contributed by atoms with Gasteiger partial charge < -0.3 is 10.1 Å². The molecule has 2 heterocycles. The number of hydrogen-bond acceptors (Lipinski definition) is 5. The van der Waals surface area contributed by atoms with E-state index >= 15 is 0 Å². The molecular formula is C13H17N3O3. The summed E-state index contributed by atoms with van der Waals surface area (Å²) < 4.78 is 5.74. The van der Waals surface area contributed by atoms with Crippen LogP contribution >= 0.6 is 0 Å². The molecule has 0 radical (unpaired) electrons. The topological polar surface area (TPSA) is 77.3 Å². The number of hydrogen-bond donors (Lipinski definition) is 1. The zero-order valence-corrected chi connectivity index (χ0v) is 10.8. The van der Waals surface area contributed by atoms with Crippen molar-refractivity contribution in [2.75, 3.05) is 11.9 Å². The van der Waals surface area contributed by atoms with Gasteiger partial charge in [0.2, 0.25) is 0 Å². The summed E-state index contributed by atoms with van der Waals surface area (Å²) in [5, 5.41) is 14.2. The van der Waals surface area contributed by atoms with E-state index in [4.69, 9.17) is 4.74 Å². The Morgan fingerprint density at radius 1 is 1.47 bits per heavy atom. The van der Waals surface area contributed by atoms with Gasteiger partial charge in [-0.05, 0) is 32.1 Å². The van der Waals surface area contributed by atoms with Gasteiger partial charge in [-0.2, -0.15) is 0 Å². The van der Waals surface area contributed by atoms with E-state index in [0.717, 1.165) is 13.0 Å². The lowest BCUT2D eigenvalue weighted by molar-refractivity contribution is -0.385. The molecule has 19 heavy (non-hydrogen) atoms. The Balaban J connectivity index is 1.75. The molecule has 2 aliphatic rings. The molecule has 2 atom stereocenters. The second-order valence-corrected chi connectivity index (χ2v) is 5.33. The van der Waals surface area contributed by atoms with E-state index in [2.05, 4.69) is 10.3 Å². The first kappa shape index (κ1) is 12.3. The summed E-state index contributed by atoms with van der Waals surface area (Å²) in [6.45, 7) is 2.45.